The zero-order chi connectivity index (χ0) is 18.0. The normalized spacial score (nSPS) is 10.5. The van der Waals surface area contributed by atoms with E-state index in [9.17, 15) is 14.4 Å². The molecule has 8 heteroatoms. The van der Waals surface area contributed by atoms with E-state index < -0.39 is 5.82 Å². The summed E-state index contributed by atoms with van der Waals surface area (Å²) in [7, 11) is 1.56. The van der Waals surface area contributed by atoms with Gasteiger partial charge < -0.3 is 4.74 Å². The number of halogens is 2. The Labute approximate surface area is 147 Å². The Balaban J connectivity index is 2.02. The molecule has 0 bridgehead atoms. The molecule has 3 rings (SSSR count). The van der Waals surface area contributed by atoms with Crippen molar-refractivity contribution in [2.45, 2.75) is 6.61 Å². The van der Waals surface area contributed by atoms with E-state index in [1.165, 1.54) is 28.8 Å². The van der Waals surface area contributed by atoms with Crippen molar-refractivity contribution < 1.29 is 9.13 Å². The van der Waals surface area contributed by atoms with E-state index in [1.54, 1.807) is 19.2 Å². The van der Waals surface area contributed by atoms with Gasteiger partial charge in [-0.2, -0.15) is 10.4 Å². The molecule has 0 aliphatic rings. The standard InChI is InChI=1S/C17H12ClFN4O2/c1-23-16(21-22-17(23)24)9-25-15-7-14(18)11(8-20)6-13(15)10-3-2-4-12(19)5-10/h2-7H,9H2,1H3,(H,22,24). The van der Waals surface area contributed by atoms with Crippen LogP contribution in [0.2, 0.25) is 5.02 Å². The molecule has 0 spiro atoms. The Kier molecular flexibility index (Phi) is 4.55. The van der Waals surface area contributed by atoms with Crippen LogP contribution in [0, 0.1) is 17.1 Å². The van der Waals surface area contributed by atoms with E-state index >= 15 is 0 Å². The molecule has 0 radical (unpaired) electrons. The molecule has 0 atom stereocenters. The van der Waals surface area contributed by atoms with Crippen molar-refractivity contribution in [3.05, 3.63) is 69.1 Å². The first-order valence-corrected chi connectivity index (χ1v) is 7.60. The fraction of sp³-hybridized carbons (Fsp3) is 0.118. The number of nitrogens with zero attached hydrogens (tertiary/aromatic N) is 3. The van der Waals surface area contributed by atoms with E-state index in [0.717, 1.165) is 0 Å². The Morgan fingerprint density at radius 2 is 2.20 bits per heavy atom. The van der Waals surface area contributed by atoms with Crippen molar-refractivity contribution in [3.8, 4) is 22.9 Å². The van der Waals surface area contributed by atoms with Crippen molar-refractivity contribution >= 4 is 11.6 Å². The Bertz CT molecular complexity index is 1040. The quantitative estimate of drug-likeness (QED) is 0.777. The highest BCUT2D eigenvalue weighted by atomic mass is 35.5. The van der Waals surface area contributed by atoms with Crippen LogP contribution in [0.3, 0.4) is 0 Å². The molecule has 0 saturated heterocycles. The molecular formula is C17H12ClFN4O2. The lowest BCUT2D eigenvalue weighted by atomic mass is 10.0. The maximum atomic E-state index is 13.6. The van der Waals surface area contributed by atoms with Gasteiger partial charge >= 0.3 is 5.69 Å². The van der Waals surface area contributed by atoms with Crippen LogP contribution in [0.15, 0.2) is 41.2 Å². The molecule has 0 aliphatic carbocycles. The number of nitrogens with one attached hydrogen (secondary N) is 1. The molecule has 0 fully saturated rings. The first-order valence-electron chi connectivity index (χ1n) is 7.22. The summed E-state index contributed by atoms with van der Waals surface area (Å²) in [6.07, 6.45) is 0. The van der Waals surface area contributed by atoms with Crippen molar-refractivity contribution in [2.24, 2.45) is 7.05 Å². The second kappa shape index (κ2) is 6.79. The predicted octanol–water partition coefficient (Wildman–Crippen LogP) is 3.02. The summed E-state index contributed by atoms with van der Waals surface area (Å²) in [6, 6.07) is 10.9. The molecule has 0 unspecified atom stereocenters. The number of hydrogen-bond donors (Lipinski definition) is 1. The molecule has 0 amide bonds. The number of aromatic nitrogens is 3. The van der Waals surface area contributed by atoms with Crippen LogP contribution in [0.5, 0.6) is 5.75 Å². The maximum Gasteiger partial charge on any atom is 0.343 e. The molecule has 3 aromatic rings. The summed E-state index contributed by atoms with van der Waals surface area (Å²) in [6.45, 7) is -0.000213. The summed E-state index contributed by atoms with van der Waals surface area (Å²) >= 11 is 6.08. The lowest BCUT2D eigenvalue weighted by molar-refractivity contribution is 0.292. The van der Waals surface area contributed by atoms with Crippen LogP contribution in [0.25, 0.3) is 11.1 Å². The third-order valence-electron chi connectivity index (χ3n) is 3.65. The van der Waals surface area contributed by atoms with Gasteiger partial charge in [0.2, 0.25) is 0 Å². The van der Waals surface area contributed by atoms with Crippen LogP contribution in [-0.2, 0) is 13.7 Å². The number of ether oxygens (including phenoxy) is 1. The molecule has 0 aliphatic heterocycles. The first-order chi connectivity index (χ1) is 12.0. The van der Waals surface area contributed by atoms with Crippen LogP contribution in [0.1, 0.15) is 11.4 Å². The van der Waals surface area contributed by atoms with E-state index in [4.69, 9.17) is 16.3 Å². The Hall–Kier alpha value is -3.11. The molecule has 1 N–H and O–H groups in total. The highest BCUT2D eigenvalue weighted by Gasteiger charge is 2.14. The fourth-order valence-corrected chi connectivity index (χ4v) is 2.49. The third kappa shape index (κ3) is 3.39. The van der Waals surface area contributed by atoms with Crippen LogP contribution >= 0.6 is 11.6 Å². The van der Waals surface area contributed by atoms with Gasteiger partial charge in [-0.1, -0.05) is 23.7 Å². The average molecular weight is 359 g/mol. The van der Waals surface area contributed by atoms with Gasteiger partial charge in [-0.05, 0) is 23.8 Å². The van der Waals surface area contributed by atoms with E-state index in [1.807, 2.05) is 6.07 Å². The van der Waals surface area contributed by atoms with E-state index in [2.05, 4.69) is 10.2 Å². The fourth-order valence-electron chi connectivity index (χ4n) is 2.29. The number of H-pyrrole nitrogens is 1. The molecule has 2 aromatic carbocycles. The lowest BCUT2D eigenvalue weighted by Crippen LogP contribution is -2.15. The number of rotatable bonds is 4. The second-order valence-electron chi connectivity index (χ2n) is 5.24. The zero-order valence-corrected chi connectivity index (χ0v) is 13.8. The van der Waals surface area contributed by atoms with Gasteiger partial charge in [-0.25, -0.2) is 14.3 Å². The average Bonchev–Trinajstić information content (AvgIpc) is 2.92. The summed E-state index contributed by atoms with van der Waals surface area (Å²) in [5.74, 6) is 0.326. The summed E-state index contributed by atoms with van der Waals surface area (Å²) < 4.78 is 20.6. The van der Waals surface area contributed by atoms with Crippen molar-refractivity contribution in [1.82, 2.24) is 14.8 Å². The van der Waals surface area contributed by atoms with Crippen LogP contribution in [0.4, 0.5) is 4.39 Å². The SMILES string of the molecule is Cn1c(COc2cc(Cl)c(C#N)cc2-c2cccc(F)c2)n[nH]c1=O. The molecule has 126 valence electrons. The second-order valence-corrected chi connectivity index (χ2v) is 5.65. The minimum Gasteiger partial charge on any atom is -0.485 e. The first kappa shape index (κ1) is 16.7. The van der Waals surface area contributed by atoms with Gasteiger partial charge in [0, 0.05) is 18.7 Å². The van der Waals surface area contributed by atoms with E-state index in [-0.39, 0.29) is 22.9 Å². The number of hydrogen-bond acceptors (Lipinski definition) is 4. The third-order valence-corrected chi connectivity index (χ3v) is 3.97. The molecule has 1 heterocycles. The largest absolute Gasteiger partial charge is 0.485 e. The van der Waals surface area contributed by atoms with Gasteiger partial charge in [-0.3, -0.25) is 4.57 Å². The number of nitriles is 1. The molecule has 6 nitrogen and oxygen atoms in total. The summed E-state index contributed by atoms with van der Waals surface area (Å²) in [5, 5.41) is 15.6. The smallest absolute Gasteiger partial charge is 0.343 e. The minimum absolute atomic E-state index is 0.000213. The van der Waals surface area contributed by atoms with Crippen molar-refractivity contribution in [1.29, 1.82) is 5.26 Å². The molecule has 0 saturated carbocycles. The van der Waals surface area contributed by atoms with Gasteiger partial charge in [0.15, 0.2) is 5.82 Å². The van der Waals surface area contributed by atoms with Crippen molar-refractivity contribution in [2.75, 3.05) is 0 Å². The molecule has 1 aromatic heterocycles. The Morgan fingerprint density at radius 1 is 1.40 bits per heavy atom. The Morgan fingerprint density at radius 3 is 2.84 bits per heavy atom. The van der Waals surface area contributed by atoms with Crippen LogP contribution < -0.4 is 10.4 Å². The van der Waals surface area contributed by atoms with Gasteiger partial charge in [0.25, 0.3) is 0 Å². The van der Waals surface area contributed by atoms with Gasteiger partial charge in [0.1, 0.15) is 24.2 Å². The lowest BCUT2D eigenvalue weighted by Gasteiger charge is -2.13. The van der Waals surface area contributed by atoms with Gasteiger partial charge in [0.05, 0.1) is 10.6 Å². The predicted molar refractivity (Wildman–Crippen MR) is 89.7 cm³/mol. The maximum absolute atomic E-state index is 13.6. The highest BCUT2D eigenvalue weighted by molar-refractivity contribution is 6.32. The zero-order valence-electron chi connectivity index (χ0n) is 13.1. The number of aromatic amines is 1. The van der Waals surface area contributed by atoms with Gasteiger partial charge in [-0.15, -0.1) is 0 Å². The highest BCUT2D eigenvalue weighted by Crippen LogP contribution is 2.35. The topological polar surface area (TPSA) is 83.7 Å². The minimum atomic E-state index is -0.411. The molecular weight excluding hydrogens is 347 g/mol. The van der Waals surface area contributed by atoms with E-state index in [0.29, 0.717) is 22.7 Å². The molecule has 25 heavy (non-hydrogen) atoms. The number of benzene rings is 2. The van der Waals surface area contributed by atoms with Crippen LogP contribution in [-0.4, -0.2) is 14.8 Å². The summed E-state index contributed by atoms with van der Waals surface area (Å²) in [4.78, 5) is 11.4. The van der Waals surface area contributed by atoms with Crippen molar-refractivity contribution in [3.63, 3.8) is 0 Å². The monoisotopic (exact) mass is 358 g/mol. The summed E-state index contributed by atoms with van der Waals surface area (Å²) in [5.41, 5.74) is 0.947.